The second kappa shape index (κ2) is 9.86. The molecule has 1 atom stereocenters. The van der Waals surface area contributed by atoms with Crippen molar-refractivity contribution in [2.45, 2.75) is 44.0 Å². The standard InChI is InChI=1S/C22H24FN7O4S/c1-3-22(23,17-11-25-12-19(28-17)30-35(32,33)15-6-7-15)21(31)29-18-8-5-14(9-26-18)16-10-24-13-20(27-16)34-4-2/h5,8-13,15H,3-4,6-7H2,1-2H3,(H,28,30)(H,26,29,31)/t22-/m0/s1. The van der Waals surface area contributed by atoms with Crippen LogP contribution in [0.3, 0.4) is 0 Å². The van der Waals surface area contributed by atoms with Crippen LogP contribution < -0.4 is 14.8 Å². The van der Waals surface area contributed by atoms with Crippen LogP contribution in [0.2, 0.25) is 0 Å². The van der Waals surface area contributed by atoms with E-state index in [2.05, 4.69) is 35.0 Å². The summed E-state index contributed by atoms with van der Waals surface area (Å²) < 4.78 is 47.8. The van der Waals surface area contributed by atoms with E-state index in [0.29, 0.717) is 36.6 Å². The fraction of sp³-hybridized carbons (Fsp3) is 0.364. The molecule has 0 radical (unpaired) electrons. The fourth-order valence-electron chi connectivity index (χ4n) is 3.21. The normalized spacial score (nSPS) is 15.2. The lowest BCUT2D eigenvalue weighted by atomic mass is 9.97. The van der Waals surface area contributed by atoms with Crippen molar-refractivity contribution in [2.75, 3.05) is 16.6 Å². The maximum absolute atomic E-state index is 15.8. The molecule has 184 valence electrons. The van der Waals surface area contributed by atoms with E-state index in [9.17, 15) is 13.2 Å². The van der Waals surface area contributed by atoms with Crippen LogP contribution in [-0.4, -0.2) is 51.1 Å². The van der Waals surface area contributed by atoms with Crippen molar-refractivity contribution in [3.05, 3.63) is 48.8 Å². The highest BCUT2D eigenvalue weighted by Gasteiger charge is 2.42. The Morgan fingerprint density at radius 2 is 1.86 bits per heavy atom. The van der Waals surface area contributed by atoms with Crippen LogP contribution in [0.25, 0.3) is 11.3 Å². The molecule has 11 nitrogen and oxygen atoms in total. The first-order chi connectivity index (χ1) is 16.7. The van der Waals surface area contributed by atoms with Crippen molar-refractivity contribution in [1.29, 1.82) is 0 Å². The summed E-state index contributed by atoms with van der Waals surface area (Å²) in [6, 6.07) is 3.16. The lowest BCUT2D eigenvalue weighted by molar-refractivity contribution is -0.128. The number of halogens is 1. The minimum atomic E-state index is -3.61. The molecule has 3 heterocycles. The van der Waals surface area contributed by atoms with Gasteiger partial charge in [0.2, 0.25) is 21.6 Å². The lowest BCUT2D eigenvalue weighted by Gasteiger charge is -2.22. The maximum Gasteiger partial charge on any atom is 0.269 e. The Bertz CT molecular complexity index is 1320. The topological polar surface area (TPSA) is 149 Å². The Labute approximate surface area is 201 Å². The first kappa shape index (κ1) is 24.4. The number of aromatic nitrogens is 5. The van der Waals surface area contributed by atoms with E-state index in [-0.39, 0.29) is 23.8 Å². The van der Waals surface area contributed by atoms with Gasteiger partial charge in [-0.15, -0.1) is 0 Å². The van der Waals surface area contributed by atoms with Gasteiger partial charge in [-0.05, 0) is 38.3 Å². The number of nitrogens with zero attached hydrogens (tertiary/aromatic N) is 5. The number of sulfonamides is 1. The molecule has 1 aliphatic rings. The molecular formula is C22H24FN7O4S. The largest absolute Gasteiger partial charge is 0.477 e. The number of alkyl halides is 1. The third-order valence-corrected chi connectivity index (χ3v) is 7.15. The van der Waals surface area contributed by atoms with Gasteiger partial charge >= 0.3 is 0 Å². The Balaban J connectivity index is 1.50. The number of rotatable bonds is 10. The number of hydrogen-bond acceptors (Lipinski definition) is 9. The van der Waals surface area contributed by atoms with Crippen molar-refractivity contribution < 1.29 is 22.3 Å². The monoisotopic (exact) mass is 501 g/mol. The van der Waals surface area contributed by atoms with Crippen LogP contribution in [0.4, 0.5) is 16.0 Å². The van der Waals surface area contributed by atoms with Crippen LogP contribution in [0.15, 0.2) is 43.1 Å². The molecule has 0 aliphatic heterocycles. The van der Waals surface area contributed by atoms with E-state index in [1.165, 1.54) is 31.6 Å². The molecule has 0 aromatic carbocycles. The SMILES string of the molecule is CCOc1cncc(-c2ccc(NC(=O)[C@](F)(CC)c3cncc(NS(=O)(=O)C4CC4)n3)nc2)n1. The predicted molar refractivity (Wildman–Crippen MR) is 126 cm³/mol. The first-order valence-corrected chi connectivity index (χ1v) is 12.6. The Kier molecular flexibility index (Phi) is 6.87. The predicted octanol–water partition coefficient (Wildman–Crippen LogP) is 2.84. The summed E-state index contributed by atoms with van der Waals surface area (Å²) >= 11 is 0. The summed E-state index contributed by atoms with van der Waals surface area (Å²) in [5.74, 6) is -0.664. The van der Waals surface area contributed by atoms with Crippen LogP contribution >= 0.6 is 0 Å². The molecule has 2 N–H and O–H groups in total. The molecule has 1 amide bonds. The van der Waals surface area contributed by atoms with Gasteiger partial charge in [-0.25, -0.2) is 27.8 Å². The Morgan fingerprint density at radius 3 is 2.51 bits per heavy atom. The molecule has 0 unspecified atom stereocenters. The van der Waals surface area contributed by atoms with Gasteiger partial charge in [0, 0.05) is 11.8 Å². The van der Waals surface area contributed by atoms with Gasteiger partial charge in [0.05, 0.1) is 42.3 Å². The third-order valence-electron chi connectivity index (χ3n) is 5.30. The number of anilines is 2. The molecule has 1 saturated carbocycles. The summed E-state index contributed by atoms with van der Waals surface area (Å²) in [4.78, 5) is 33.3. The number of carbonyl (C=O) groups is 1. The highest BCUT2D eigenvalue weighted by atomic mass is 32.2. The zero-order valence-corrected chi connectivity index (χ0v) is 19.9. The van der Waals surface area contributed by atoms with E-state index < -0.39 is 26.8 Å². The molecule has 1 fully saturated rings. The van der Waals surface area contributed by atoms with Crippen LogP contribution in [0.5, 0.6) is 5.88 Å². The second-order valence-electron chi connectivity index (χ2n) is 7.85. The van der Waals surface area contributed by atoms with Crippen molar-refractivity contribution in [2.24, 2.45) is 0 Å². The molecule has 3 aromatic rings. The number of carbonyl (C=O) groups excluding carboxylic acids is 1. The molecule has 0 spiro atoms. The summed E-state index contributed by atoms with van der Waals surface area (Å²) in [7, 11) is -3.61. The average molecular weight is 502 g/mol. The van der Waals surface area contributed by atoms with Crippen molar-refractivity contribution in [1.82, 2.24) is 24.9 Å². The van der Waals surface area contributed by atoms with Gasteiger partial charge in [-0.1, -0.05) is 6.92 Å². The molecule has 0 saturated heterocycles. The van der Waals surface area contributed by atoms with E-state index in [4.69, 9.17) is 4.74 Å². The van der Waals surface area contributed by atoms with Gasteiger partial charge in [-0.3, -0.25) is 19.5 Å². The molecule has 0 bridgehead atoms. The molecule has 3 aromatic heterocycles. The quantitative estimate of drug-likeness (QED) is 0.427. The van der Waals surface area contributed by atoms with Gasteiger partial charge in [-0.2, -0.15) is 0 Å². The number of nitrogens with one attached hydrogen (secondary N) is 2. The number of ether oxygens (including phenoxy) is 1. The zero-order valence-electron chi connectivity index (χ0n) is 19.1. The summed E-state index contributed by atoms with van der Waals surface area (Å²) in [5.41, 5.74) is -1.73. The first-order valence-electron chi connectivity index (χ1n) is 11.0. The number of hydrogen-bond donors (Lipinski definition) is 2. The van der Waals surface area contributed by atoms with Gasteiger partial charge in [0.1, 0.15) is 11.5 Å². The minimum Gasteiger partial charge on any atom is -0.477 e. The minimum absolute atomic E-state index is 0.113. The van der Waals surface area contributed by atoms with Gasteiger partial charge in [0.25, 0.3) is 5.91 Å². The maximum atomic E-state index is 15.8. The van der Waals surface area contributed by atoms with E-state index in [1.54, 1.807) is 12.3 Å². The molecule has 1 aliphatic carbocycles. The molecule has 35 heavy (non-hydrogen) atoms. The zero-order chi connectivity index (χ0) is 25.1. The molecule has 13 heteroatoms. The van der Waals surface area contributed by atoms with Gasteiger partial charge in [0.15, 0.2) is 5.82 Å². The molecule has 4 rings (SSSR count). The van der Waals surface area contributed by atoms with E-state index >= 15 is 4.39 Å². The van der Waals surface area contributed by atoms with E-state index in [0.717, 1.165) is 6.20 Å². The molecular weight excluding hydrogens is 477 g/mol. The summed E-state index contributed by atoms with van der Waals surface area (Å²) in [6.45, 7) is 3.76. The summed E-state index contributed by atoms with van der Waals surface area (Å²) in [6.07, 6.45) is 7.63. The van der Waals surface area contributed by atoms with Gasteiger partial charge < -0.3 is 10.1 Å². The average Bonchev–Trinajstić information content (AvgIpc) is 3.71. The highest BCUT2D eigenvalue weighted by Crippen LogP contribution is 2.32. The van der Waals surface area contributed by atoms with Crippen LogP contribution in [-0.2, 0) is 20.5 Å². The van der Waals surface area contributed by atoms with Crippen molar-refractivity contribution >= 4 is 27.6 Å². The second-order valence-corrected chi connectivity index (χ2v) is 9.81. The van der Waals surface area contributed by atoms with Crippen molar-refractivity contribution in [3.63, 3.8) is 0 Å². The lowest BCUT2D eigenvalue weighted by Crippen LogP contribution is -2.37. The number of amides is 1. The van der Waals surface area contributed by atoms with E-state index in [1.807, 2.05) is 6.92 Å². The van der Waals surface area contributed by atoms with Crippen molar-refractivity contribution in [3.8, 4) is 17.1 Å². The Hall–Kier alpha value is -3.74. The number of pyridine rings is 1. The summed E-state index contributed by atoms with van der Waals surface area (Å²) in [5, 5.41) is 1.96. The third kappa shape index (κ3) is 5.50. The van der Waals surface area contributed by atoms with Crippen LogP contribution in [0, 0.1) is 0 Å². The van der Waals surface area contributed by atoms with Crippen LogP contribution in [0.1, 0.15) is 38.8 Å². The highest BCUT2D eigenvalue weighted by molar-refractivity contribution is 7.93. The smallest absolute Gasteiger partial charge is 0.269 e. The fourth-order valence-corrected chi connectivity index (χ4v) is 4.52. The Morgan fingerprint density at radius 1 is 1.09 bits per heavy atom.